The fourth-order valence-electron chi connectivity index (χ4n) is 2.82. The molecule has 2 aliphatic rings. The Balaban J connectivity index is 1.76. The van der Waals surface area contributed by atoms with Gasteiger partial charge < -0.3 is 19.5 Å². The second-order valence-electron chi connectivity index (χ2n) is 5.84. The number of benzene rings is 1. The standard InChI is InChI=1S/C16H22FNO3/c1-16(17,10-13-11-19-8-5-18-13)12-3-4-14-15(9-12)21-7-2-6-20-14/h3-4,9,13,18H,2,5-8,10-11H2,1H3. The minimum atomic E-state index is -1.43. The Hall–Kier alpha value is -1.33. The number of hydrogen-bond acceptors (Lipinski definition) is 4. The number of fused-ring (bicyclic) bond motifs is 1. The number of nitrogens with one attached hydrogen (secondary N) is 1. The van der Waals surface area contributed by atoms with Crippen molar-refractivity contribution < 1.29 is 18.6 Å². The van der Waals surface area contributed by atoms with E-state index in [1.165, 1.54) is 0 Å². The summed E-state index contributed by atoms with van der Waals surface area (Å²) in [6, 6.07) is 5.41. The molecule has 2 unspecified atom stereocenters. The van der Waals surface area contributed by atoms with Crippen LogP contribution in [0, 0.1) is 0 Å². The first-order valence-electron chi connectivity index (χ1n) is 7.55. The van der Waals surface area contributed by atoms with Crippen LogP contribution in [-0.2, 0) is 10.4 Å². The summed E-state index contributed by atoms with van der Waals surface area (Å²) in [6.45, 7) is 4.90. The van der Waals surface area contributed by atoms with Gasteiger partial charge in [-0.2, -0.15) is 0 Å². The summed E-state index contributed by atoms with van der Waals surface area (Å²) >= 11 is 0. The Morgan fingerprint density at radius 1 is 1.24 bits per heavy atom. The van der Waals surface area contributed by atoms with E-state index in [0.29, 0.717) is 49.9 Å². The molecular formula is C16H22FNO3. The number of ether oxygens (including phenoxy) is 3. The number of rotatable bonds is 3. The van der Waals surface area contributed by atoms with E-state index < -0.39 is 5.67 Å². The van der Waals surface area contributed by atoms with Gasteiger partial charge in [-0.3, -0.25) is 0 Å². The zero-order valence-corrected chi connectivity index (χ0v) is 12.4. The summed E-state index contributed by atoms with van der Waals surface area (Å²) in [7, 11) is 0. The zero-order valence-electron chi connectivity index (χ0n) is 12.4. The largest absolute Gasteiger partial charge is 0.490 e. The Bertz CT molecular complexity index is 486. The van der Waals surface area contributed by atoms with Gasteiger partial charge in [0.1, 0.15) is 5.67 Å². The van der Waals surface area contributed by atoms with E-state index in [1.54, 1.807) is 25.1 Å². The molecule has 4 nitrogen and oxygen atoms in total. The van der Waals surface area contributed by atoms with Crippen molar-refractivity contribution in [1.82, 2.24) is 5.32 Å². The minimum absolute atomic E-state index is 0.0460. The van der Waals surface area contributed by atoms with Crippen LogP contribution in [0.15, 0.2) is 18.2 Å². The van der Waals surface area contributed by atoms with Crippen molar-refractivity contribution >= 4 is 0 Å². The van der Waals surface area contributed by atoms with Crippen molar-refractivity contribution in [2.75, 3.05) is 33.0 Å². The molecule has 0 aromatic heterocycles. The third kappa shape index (κ3) is 3.47. The maximum Gasteiger partial charge on any atom is 0.161 e. The van der Waals surface area contributed by atoms with Crippen LogP contribution in [0.3, 0.4) is 0 Å². The summed E-state index contributed by atoms with van der Waals surface area (Å²) in [4.78, 5) is 0. The van der Waals surface area contributed by atoms with Gasteiger partial charge >= 0.3 is 0 Å². The second-order valence-corrected chi connectivity index (χ2v) is 5.84. The molecule has 0 bridgehead atoms. The summed E-state index contributed by atoms with van der Waals surface area (Å²) in [5.74, 6) is 1.34. The van der Waals surface area contributed by atoms with Gasteiger partial charge in [0.05, 0.1) is 26.4 Å². The van der Waals surface area contributed by atoms with Crippen molar-refractivity contribution in [2.45, 2.75) is 31.5 Å². The maximum absolute atomic E-state index is 15.1. The van der Waals surface area contributed by atoms with E-state index in [4.69, 9.17) is 14.2 Å². The van der Waals surface area contributed by atoms with E-state index >= 15 is 4.39 Å². The molecule has 0 radical (unpaired) electrons. The van der Waals surface area contributed by atoms with E-state index in [9.17, 15) is 0 Å². The van der Waals surface area contributed by atoms with Crippen molar-refractivity contribution in [1.29, 1.82) is 0 Å². The Morgan fingerprint density at radius 2 is 2.05 bits per heavy atom. The normalized spacial score (nSPS) is 25.0. The molecule has 5 heteroatoms. The molecule has 2 heterocycles. The van der Waals surface area contributed by atoms with Gasteiger partial charge in [-0.15, -0.1) is 0 Å². The highest BCUT2D eigenvalue weighted by Gasteiger charge is 2.31. The quantitative estimate of drug-likeness (QED) is 0.929. The molecule has 2 aliphatic heterocycles. The molecule has 1 N–H and O–H groups in total. The highest BCUT2D eigenvalue weighted by Crippen LogP contribution is 2.37. The number of alkyl halides is 1. The third-order valence-corrected chi connectivity index (χ3v) is 3.98. The van der Waals surface area contributed by atoms with Crippen molar-refractivity contribution in [3.8, 4) is 11.5 Å². The van der Waals surface area contributed by atoms with Crippen molar-refractivity contribution in [3.05, 3.63) is 23.8 Å². The van der Waals surface area contributed by atoms with Gasteiger partial charge in [-0.05, 0) is 24.6 Å². The number of hydrogen-bond donors (Lipinski definition) is 1. The molecule has 0 aliphatic carbocycles. The average Bonchev–Trinajstić information content (AvgIpc) is 2.72. The average molecular weight is 295 g/mol. The van der Waals surface area contributed by atoms with Gasteiger partial charge in [-0.1, -0.05) is 6.07 Å². The van der Waals surface area contributed by atoms with Crippen LogP contribution in [0.25, 0.3) is 0 Å². The van der Waals surface area contributed by atoms with Gasteiger partial charge in [0.15, 0.2) is 11.5 Å². The Labute approximate surface area is 124 Å². The molecule has 1 aromatic carbocycles. The molecule has 1 saturated heterocycles. The summed E-state index contributed by atoms with van der Waals surface area (Å²) in [5.41, 5.74) is -0.803. The first-order chi connectivity index (χ1) is 10.1. The number of halogens is 1. The lowest BCUT2D eigenvalue weighted by Crippen LogP contribution is -2.44. The van der Waals surface area contributed by atoms with Gasteiger partial charge in [0, 0.05) is 25.4 Å². The summed E-state index contributed by atoms with van der Waals surface area (Å²) in [6.07, 6.45) is 1.23. The molecule has 1 fully saturated rings. The predicted molar refractivity (Wildman–Crippen MR) is 77.7 cm³/mol. The third-order valence-electron chi connectivity index (χ3n) is 3.98. The lowest BCUT2D eigenvalue weighted by atomic mass is 9.90. The van der Waals surface area contributed by atoms with Crippen LogP contribution >= 0.6 is 0 Å². The van der Waals surface area contributed by atoms with Gasteiger partial charge in [-0.25, -0.2) is 4.39 Å². The Morgan fingerprint density at radius 3 is 2.81 bits per heavy atom. The SMILES string of the molecule is CC(F)(CC1COCCN1)c1ccc2c(c1)OCCCO2. The van der Waals surface area contributed by atoms with Gasteiger partial charge in [0.25, 0.3) is 0 Å². The zero-order chi connectivity index (χ0) is 14.7. The van der Waals surface area contributed by atoms with Crippen LogP contribution in [0.5, 0.6) is 11.5 Å². The molecule has 21 heavy (non-hydrogen) atoms. The first kappa shape index (κ1) is 14.6. The van der Waals surface area contributed by atoms with Crippen LogP contribution in [-0.4, -0.2) is 39.0 Å². The Kier molecular flexibility index (Phi) is 4.31. The smallest absolute Gasteiger partial charge is 0.161 e. The lowest BCUT2D eigenvalue weighted by molar-refractivity contribution is 0.0474. The lowest BCUT2D eigenvalue weighted by Gasteiger charge is -2.30. The fraction of sp³-hybridized carbons (Fsp3) is 0.625. The van der Waals surface area contributed by atoms with Crippen molar-refractivity contribution in [2.24, 2.45) is 0 Å². The van der Waals surface area contributed by atoms with E-state index in [0.717, 1.165) is 13.0 Å². The van der Waals surface area contributed by atoms with Crippen molar-refractivity contribution in [3.63, 3.8) is 0 Å². The molecule has 116 valence electrons. The summed E-state index contributed by atoms with van der Waals surface area (Å²) < 4.78 is 31.7. The van der Waals surface area contributed by atoms with E-state index in [2.05, 4.69) is 5.32 Å². The first-order valence-corrected chi connectivity index (χ1v) is 7.55. The van der Waals surface area contributed by atoms with Crippen LogP contribution < -0.4 is 14.8 Å². The molecule has 1 aromatic rings. The molecule has 0 saturated carbocycles. The molecule has 2 atom stereocenters. The van der Waals surface area contributed by atoms with E-state index in [-0.39, 0.29) is 6.04 Å². The number of morpholine rings is 1. The van der Waals surface area contributed by atoms with Crippen LogP contribution in [0.4, 0.5) is 4.39 Å². The highest BCUT2D eigenvalue weighted by atomic mass is 19.1. The molecular weight excluding hydrogens is 273 g/mol. The maximum atomic E-state index is 15.1. The highest BCUT2D eigenvalue weighted by molar-refractivity contribution is 5.45. The monoisotopic (exact) mass is 295 g/mol. The second kappa shape index (κ2) is 6.20. The fourth-order valence-corrected chi connectivity index (χ4v) is 2.82. The van der Waals surface area contributed by atoms with Crippen LogP contribution in [0.1, 0.15) is 25.3 Å². The van der Waals surface area contributed by atoms with Crippen LogP contribution in [0.2, 0.25) is 0 Å². The predicted octanol–water partition coefficient (Wildman–Crippen LogP) is 2.41. The molecule has 0 amide bonds. The molecule has 0 spiro atoms. The topological polar surface area (TPSA) is 39.7 Å². The van der Waals surface area contributed by atoms with Gasteiger partial charge in [0.2, 0.25) is 0 Å². The minimum Gasteiger partial charge on any atom is -0.490 e. The van der Waals surface area contributed by atoms with E-state index in [1.807, 2.05) is 0 Å². The molecule has 3 rings (SSSR count). The summed E-state index contributed by atoms with van der Waals surface area (Å²) in [5, 5.41) is 3.30.